The molecule has 16 heavy (non-hydrogen) atoms. The summed E-state index contributed by atoms with van der Waals surface area (Å²) in [5.41, 5.74) is 6.30. The van der Waals surface area contributed by atoms with Crippen LogP contribution < -0.4 is 5.73 Å². The van der Waals surface area contributed by atoms with E-state index < -0.39 is 5.54 Å². The van der Waals surface area contributed by atoms with Crippen molar-refractivity contribution in [2.75, 3.05) is 6.61 Å². The molecule has 1 aliphatic rings. The Morgan fingerprint density at radius 2 is 2.19 bits per heavy atom. The summed E-state index contributed by atoms with van der Waals surface area (Å²) in [6.45, 7) is 2.17. The molecular formula is C12H14BrNO2. The van der Waals surface area contributed by atoms with Gasteiger partial charge in [-0.05, 0) is 31.0 Å². The standard InChI is InChI=1S/C12H14BrNO2/c1-2-16-11(15)12(14)7-10(12)8-3-5-9(13)6-4-8/h3-6,10H,2,7,14H2,1H3/t10-,12+/m0/s1. The average Bonchev–Trinajstić information content (AvgIpc) is 2.94. The number of carbonyl (C=O) groups is 1. The topological polar surface area (TPSA) is 52.3 Å². The van der Waals surface area contributed by atoms with Crippen LogP contribution in [-0.4, -0.2) is 18.1 Å². The molecule has 0 spiro atoms. The van der Waals surface area contributed by atoms with Gasteiger partial charge in [0.25, 0.3) is 0 Å². The third kappa shape index (κ3) is 1.99. The Morgan fingerprint density at radius 1 is 1.56 bits per heavy atom. The van der Waals surface area contributed by atoms with Gasteiger partial charge in [-0.25, -0.2) is 0 Å². The lowest BCUT2D eigenvalue weighted by atomic mass is 10.1. The predicted octanol–water partition coefficient (Wildman–Crippen LogP) is 2.20. The first-order valence-corrected chi connectivity index (χ1v) is 6.09. The predicted molar refractivity (Wildman–Crippen MR) is 65.1 cm³/mol. The van der Waals surface area contributed by atoms with E-state index in [-0.39, 0.29) is 11.9 Å². The number of ether oxygens (including phenoxy) is 1. The maximum absolute atomic E-state index is 11.6. The molecule has 0 aliphatic heterocycles. The molecule has 1 aliphatic carbocycles. The molecule has 2 atom stereocenters. The first kappa shape index (κ1) is 11.6. The smallest absolute Gasteiger partial charge is 0.326 e. The third-order valence-electron chi connectivity index (χ3n) is 2.93. The van der Waals surface area contributed by atoms with Crippen molar-refractivity contribution in [3.63, 3.8) is 0 Å². The minimum Gasteiger partial charge on any atom is -0.465 e. The van der Waals surface area contributed by atoms with Gasteiger partial charge in [0.05, 0.1) is 6.61 Å². The first-order valence-electron chi connectivity index (χ1n) is 5.29. The molecule has 4 heteroatoms. The Hall–Kier alpha value is -0.870. The number of rotatable bonds is 3. The van der Waals surface area contributed by atoms with Gasteiger partial charge in [0.15, 0.2) is 0 Å². The molecule has 0 saturated heterocycles. The van der Waals surface area contributed by atoms with Crippen LogP contribution in [0.15, 0.2) is 28.7 Å². The highest BCUT2D eigenvalue weighted by molar-refractivity contribution is 9.10. The largest absolute Gasteiger partial charge is 0.465 e. The molecule has 1 saturated carbocycles. The fourth-order valence-electron chi connectivity index (χ4n) is 1.88. The second-order valence-electron chi connectivity index (χ2n) is 4.07. The van der Waals surface area contributed by atoms with Crippen molar-refractivity contribution in [3.05, 3.63) is 34.3 Å². The van der Waals surface area contributed by atoms with Crippen LogP contribution in [0.25, 0.3) is 0 Å². The molecule has 2 N–H and O–H groups in total. The van der Waals surface area contributed by atoms with Gasteiger partial charge in [-0.3, -0.25) is 4.79 Å². The molecule has 0 aromatic heterocycles. The van der Waals surface area contributed by atoms with E-state index in [0.717, 1.165) is 10.0 Å². The fraction of sp³-hybridized carbons (Fsp3) is 0.417. The minimum atomic E-state index is -0.802. The van der Waals surface area contributed by atoms with Gasteiger partial charge in [0.1, 0.15) is 5.54 Å². The highest BCUT2D eigenvalue weighted by Gasteiger charge is 2.58. The maximum atomic E-state index is 11.6. The van der Waals surface area contributed by atoms with Crippen molar-refractivity contribution in [1.29, 1.82) is 0 Å². The molecule has 86 valence electrons. The molecule has 0 amide bonds. The quantitative estimate of drug-likeness (QED) is 0.866. The minimum absolute atomic E-state index is 0.0969. The van der Waals surface area contributed by atoms with Crippen molar-refractivity contribution >= 4 is 21.9 Å². The van der Waals surface area contributed by atoms with Gasteiger partial charge in [-0.15, -0.1) is 0 Å². The second kappa shape index (κ2) is 4.18. The lowest BCUT2D eigenvalue weighted by Gasteiger charge is -2.10. The number of hydrogen-bond donors (Lipinski definition) is 1. The van der Waals surface area contributed by atoms with Crippen molar-refractivity contribution in [1.82, 2.24) is 0 Å². The average molecular weight is 284 g/mol. The molecule has 1 aromatic rings. The summed E-state index contributed by atoms with van der Waals surface area (Å²) < 4.78 is 5.99. The Morgan fingerprint density at radius 3 is 2.75 bits per heavy atom. The van der Waals surface area contributed by atoms with Crippen molar-refractivity contribution in [2.45, 2.75) is 24.8 Å². The Labute approximate surface area is 103 Å². The number of hydrogen-bond acceptors (Lipinski definition) is 3. The fourth-order valence-corrected chi connectivity index (χ4v) is 2.14. The molecule has 1 aromatic carbocycles. The lowest BCUT2D eigenvalue weighted by Crippen LogP contribution is -2.36. The number of esters is 1. The molecular weight excluding hydrogens is 270 g/mol. The van der Waals surface area contributed by atoms with Crippen molar-refractivity contribution in [2.24, 2.45) is 5.73 Å². The number of benzene rings is 1. The van der Waals surface area contributed by atoms with Crippen LogP contribution in [0.3, 0.4) is 0 Å². The Kier molecular flexibility index (Phi) is 3.04. The molecule has 3 nitrogen and oxygen atoms in total. The van der Waals surface area contributed by atoms with E-state index in [1.807, 2.05) is 24.3 Å². The normalized spacial score (nSPS) is 27.6. The second-order valence-corrected chi connectivity index (χ2v) is 4.98. The Bertz CT molecular complexity index is 404. The van der Waals surface area contributed by atoms with Crippen LogP contribution in [0.1, 0.15) is 24.8 Å². The van der Waals surface area contributed by atoms with Crippen LogP contribution in [-0.2, 0) is 9.53 Å². The summed E-state index contributed by atoms with van der Waals surface area (Å²) in [5.74, 6) is -0.192. The molecule has 1 fully saturated rings. The van der Waals surface area contributed by atoms with Crippen LogP contribution in [0, 0.1) is 0 Å². The van der Waals surface area contributed by atoms with Gasteiger partial charge in [-0.1, -0.05) is 28.1 Å². The summed E-state index contributed by atoms with van der Waals surface area (Å²) in [6.07, 6.45) is 0.674. The van der Waals surface area contributed by atoms with E-state index >= 15 is 0 Å². The van der Waals surface area contributed by atoms with Crippen molar-refractivity contribution < 1.29 is 9.53 Å². The van der Waals surface area contributed by atoms with E-state index in [2.05, 4.69) is 15.9 Å². The summed E-state index contributed by atoms with van der Waals surface area (Å²) in [4.78, 5) is 11.6. The van der Waals surface area contributed by atoms with Crippen LogP contribution >= 0.6 is 15.9 Å². The van der Waals surface area contributed by atoms with Gasteiger partial charge in [0, 0.05) is 10.4 Å². The highest BCUT2D eigenvalue weighted by atomic mass is 79.9. The monoisotopic (exact) mass is 283 g/mol. The highest BCUT2D eigenvalue weighted by Crippen LogP contribution is 2.50. The molecule has 0 unspecified atom stereocenters. The van der Waals surface area contributed by atoms with E-state index in [1.54, 1.807) is 6.92 Å². The maximum Gasteiger partial charge on any atom is 0.326 e. The first-order chi connectivity index (χ1) is 7.58. The lowest BCUT2D eigenvalue weighted by molar-refractivity contribution is -0.145. The van der Waals surface area contributed by atoms with E-state index in [0.29, 0.717) is 13.0 Å². The van der Waals surface area contributed by atoms with Crippen LogP contribution in [0.5, 0.6) is 0 Å². The number of nitrogens with two attached hydrogens (primary N) is 1. The van der Waals surface area contributed by atoms with Crippen LogP contribution in [0.4, 0.5) is 0 Å². The zero-order valence-corrected chi connectivity index (χ0v) is 10.7. The molecule has 0 heterocycles. The van der Waals surface area contributed by atoms with Crippen molar-refractivity contribution in [3.8, 4) is 0 Å². The van der Waals surface area contributed by atoms with Gasteiger partial charge >= 0.3 is 5.97 Å². The molecule has 0 radical (unpaired) electrons. The zero-order chi connectivity index (χ0) is 11.8. The summed E-state index contributed by atoms with van der Waals surface area (Å²) >= 11 is 3.37. The Balaban J connectivity index is 2.10. The van der Waals surface area contributed by atoms with Crippen LogP contribution in [0.2, 0.25) is 0 Å². The summed E-state index contributed by atoms with van der Waals surface area (Å²) in [5, 5.41) is 0. The summed E-state index contributed by atoms with van der Waals surface area (Å²) in [6, 6.07) is 7.89. The van der Waals surface area contributed by atoms with E-state index in [1.165, 1.54) is 0 Å². The van der Waals surface area contributed by atoms with Gasteiger partial charge < -0.3 is 10.5 Å². The zero-order valence-electron chi connectivity index (χ0n) is 9.07. The van der Waals surface area contributed by atoms with E-state index in [4.69, 9.17) is 10.5 Å². The summed E-state index contributed by atoms with van der Waals surface area (Å²) in [7, 11) is 0. The van der Waals surface area contributed by atoms with E-state index in [9.17, 15) is 4.79 Å². The van der Waals surface area contributed by atoms with Gasteiger partial charge in [-0.2, -0.15) is 0 Å². The SMILES string of the molecule is CCOC(=O)[C@@]1(N)C[C@H]1c1ccc(Br)cc1. The number of halogens is 1. The number of carbonyl (C=O) groups excluding carboxylic acids is 1. The third-order valence-corrected chi connectivity index (χ3v) is 3.46. The molecule has 2 rings (SSSR count). The van der Waals surface area contributed by atoms with Gasteiger partial charge in [0.2, 0.25) is 0 Å². The molecule has 0 bridgehead atoms.